The van der Waals surface area contributed by atoms with Gasteiger partial charge in [0.25, 0.3) is 10.0 Å². The van der Waals surface area contributed by atoms with Gasteiger partial charge >= 0.3 is 0 Å². The molecule has 31 heavy (non-hydrogen) atoms. The number of benzene rings is 3. The maximum absolute atomic E-state index is 13.0. The molecular weight excluding hydrogens is 432 g/mol. The van der Waals surface area contributed by atoms with E-state index in [9.17, 15) is 13.2 Å². The third-order valence-electron chi connectivity index (χ3n) is 5.60. The molecular formula is C24H23ClN2O3S. The van der Waals surface area contributed by atoms with Crippen LogP contribution in [0.3, 0.4) is 0 Å². The Morgan fingerprint density at radius 1 is 1.03 bits per heavy atom. The van der Waals surface area contributed by atoms with Crippen molar-refractivity contribution in [3.63, 3.8) is 0 Å². The Morgan fingerprint density at radius 2 is 1.68 bits per heavy atom. The van der Waals surface area contributed by atoms with Crippen LogP contribution in [0, 0.1) is 0 Å². The highest BCUT2D eigenvalue weighted by Gasteiger charge is 2.30. The first kappa shape index (κ1) is 21.4. The fourth-order valence-corrected chi connectivity index (χ4v) is 5.25. The fourth-order valence-electron chi connectivity index (χ4n) is 3.93. The van der Waals surface area contributed by atoms with E-state index >= 15 is 0 Å². The summed E-state index contributed by atoms with van der Waals surface area (Å²) in [6.45, 7) is 2.05. The van der Waals surface area contributed by atoms with Gasteiger partial charge in [-0.15, -0.1) is 0 Å². The SMILES string of the molecule is C[C@@H]1Cc2ccccc2N1C(=O)Cc1ccc(N(C)S(=O)(=O)c2ccc(Cl)cc2)cc1. The van der Waals surface area contributed by atoms with Crippen molar-refractivity contribution in [2.75, 3.05) is 16.3 Å². The fraction of sp³-hybridized carbons (Fsp3) is 0.208. The lowest BCUT2D eigenvalue weighted by Gasteiger charge is -2.23. The third kappa shape index (κ3) is 4.18. The summed E-state index contributed by atoms with van der Waals surface area (Å²) in [5.74, 6) is 0.0346. The summed E-state index contributed by atoms with van der Waals surface area (Å²) in [5.41, 5.74) is 3.52. The molecule has 0 unspecified atom stereocenters. The van der Waals surface area contributed by atoms with Crippen molar-refractivity contribution < 1.29 is 13.2 Å². The Morgan fingerprint density at radius 3 is 2.35 bits per heavy atom. The molecule has 5 nitrogen and oxygen atoms in total. The molecule has 0 N–H and O–H groups in total. The molecule has 4 rings (SSSR count). The molecule has 1 atom stereocenters. The van der Waals surface area contributed by atoms with E-state index in [0.717, 1.165) is 17.7 Å². The highest BCUT2D eigenvalue weighted by molar-refractivity contribution is 7.92. The van der Waals surface area contributed by atoms with Gasteiger partial charge in [0.1, 0.15) is 0 Å². The molecule has 7 heteroatoms. The van der Waals surface area contributed by atoms with E-state index in [1.54, 1.807) is 36.4 Å². The normalized spacial score (nSPS) is 15.6. The minimum atomic E-state index is -3.70. The average molecular weight is 455 g/mol. The van der Waals surface area contributed by atoms with E-state index in [1.807, 2.05) is 23.1 Å². The number of para-hydroxylation sites is 1. The van der Waals surface area contributed by atoms with E-state index in [2.05, 4.69) is 13.0 Å². The molecule has 0 radical (unpaired) electrons. The number of nitrogens with zero attached hydrogens (tertiary/aromatic N) is 2. The van der Waals surface area contributed by atoms with Crippen LogP contribution in [0.1, 0.15) is 18.1 Å². The molecule has 1 aliphatic heterocycles. The molecule has 160 valence electrons. The van der Waals surface area contributed by atoms with Crippen molar-refractivity contribution in [3.8, 4) is 0 Å². The highest BCUT2D eigenvalue weighted by Crippen LogP contribution is 2.32. The van der Waals surface area contributed by atoms with Gasteiger partial charge in [0, 0.05) is 23.8 Å². The number of amides is 1. The van der Waals surface area contributed by atoms with Gasteiger partial charge in [0.2, 0.25) is 5.91 Å². The van der Waals surface area contributed by atoms with Crippen LogP contribution in [0.2, 0.25) is 5.02 Å². The van der Waals surface area contributed by atoms with Gasteiger partial charge in [0.15, 0.2) is 0 Å². The molecule has 0 saturated heterocycles. The molecule has 0 fully saturated rings. The summed E-state index contributed by atoms with van der Waals surface area (Å²) >= 11 is 5.86. The van der Waals surface area contributed by atoms with Crippen molar-refractivity contribution in [3.05, 3.63) is 88.9 Å². The predicted molar refractivity (Wildman–Crippen MR) is 124 cm³/mol. The summed E-state index contributed by atoms with van der Waals surface area (Å²) in [4.78, 5) is 15.0. The lowest BCUT2D eigenvalue weighted by molar-refractivity contribution is -0.118. The number of sulfonamides is 1. The van der Waals surface area contributed by atoms with Gasteiger partial charge in [-0.25, -0.2) is 8.42 Å². The van der Waals surface area contributed by atoms with Gasteiger partial charge in [-0.3, -0.25) is 9.10 Å². The zero-order valence-corrected chi connectivity index (χ0v) is 18.9. The molecule has 0 saturated carbocycles. The predicted octanol–water partition coefficient (Wildman–Crippen LogP) is 4.69. The monoisotopic (exact) mass is 454 g/mol. The molecule has 0 aromatic heterocycles. The number of halogens is 1. The van der Waals surface area contributed by atoms with Crippen molar-refractivity contribution >= 4 is 38.9 Å². The summed E-state index contributed by atoms with van der Waals surface area (Å²) in [6.07, 6.45) is 1.11. The van der Waals surface area contributed by atoms with Crippen LogP contribution in [-0.4, -0.2) is 27.4 Å². The smallest absolute Gasteiger partial charge is 0.264 e. The second kappa shape index (κ2) is 8.36. The van der Waals surface area contributed by atoms with Crippen LogP contribution in [0.4, 0.5) is 11.4 Å². The Hall–Kier alpha value is -2.83. The average Bonchev–Trinajstić information content (AvgIpc) is 3.10. The molecule has 1 amide bonds. The molecule has 0 bridgehead atoms. The van der Waals surface area contributed by atoms with Crippen LogP contribution in [0.5, 0.6) is 0 Å². The summed E-state index contributed by atoms with van der Waals surface area (Å²) in [6, 6.07) is 21.2. The second-order valence-electron chi connectivity index (χ2n) is 7.72. The first-order chi connectivity index (χ1) is 14.8. The number of fused-ring (bicyclic) bond motifs is 1. The largest absolute Gasteiger partial charge is 0.309 e. The van der Waals surface area contributed by atoms with Gasteiger partial charge in [-0.1, -0.05) is 41.9 Å². The van der Waals surface area contributed by atoms with Gasteiger partial charge in [-0.2, -0.15) is 0 Å². The van der Waals surface area contributed by atoms with E-state index in [-0.39, 0.29) is 23.3 Å². The van der Waals surface area contributed by atoms with E-state index in [4.69, 9.17) is 11.6 Å². The Kier molecular flexibility index (Phi) is 5.77. The molecule has 0 spiro atoms. The molecule has 3 aromatic rings. The van der Waals surface area contributed by atoms with Crippen LogP contribution in [0.25, 0.3) is 0 Å². The standard InChI is InChI=1S/C24H23ClN2O3S/c1-17-15-19-5-3-4-6-23(19)27(17)24(28)16-18-7-11-21(12-8-18)26(2)31(29,30)22-13-9-20(25)10-14-22/h3-14,17H,15-16H2,1-2H3/t17-/m1/s1. The van der Waals surface area contributed by atoms with E-state index in [1.165, 1.54) is 29.0 Å². The van der Waals surface area contributed by atoms with Crippen molar-refractivity contribution in [1.82, 2.24) is 0 Å². The Bertz CT molecular complexity index is 1210. The van der Waals surface area contributed by atoms with Crippen LogP contribution < -0.4 is 9.21 Å². The van der Waals surface area contributed by atoms with Crippen LogP contribution in [-0.2, 0) is 27.7 Å². The second-order valence-corrected chi connectivity index (χ2v) is 10.1. The van der Waals surface area contributed by atoms with E-state index in [0.29, 0.717) is 10.7 Å². The van der Waals surface area contributed by atoms with Crippen molar-refractivity contribution in [2.45, 2.75) is 30.7 Å². The third-order valence-corrected chi connectivity index (χ3v) is 7.66. The Balaban J connectivity index is 1.49. The lowest BCUT2D eigenvalue weighted by Crippen LogP contribution is -2.36. The zero-order chi connectivity index (χ0) is 22.2. The zero-order valence-electron chi connectivity index (χ0n) is 17.3. The number of hydrogen-bond donors (Lipinski definition) is 0. The minimum absolute atomic E-state index is 0.0346. The molecule has 1 aliphatic rings. The van der Waals surface area contributed by atoms with E-state index < -0.39 is 10.0 Å². The van der Waals surface area contributed by atoms with Gasteiger partial charge < -0.3 is 4.90 Å². The number of carbonyl (C=O) groups is 1. The number of rotatable bonds is 5. The summed E-state index contributed by atoms with van der Waals surface area (Å²) in [7, 11) is -2.19. The van der Waals surface area contributed by atoms with Crippen molar-refractivity contribution in [2.24, 2.45) is 0 Å². The first-order valence-corrected chi connectivity index (χ1v) is 11.8. The van der Waals surface area contributed by atoms with Gasteiger partial charge in [-0.05, 0) is 66.9 Å². The molecule has 3 aromatic carbocycles. The van der Waals surface area contributed by atoms with Crippen molar-refractivity contribution in [1.29, 1.82) is 0 Å². The van der Waals surface area contributed by atoms with Gasteiger partial charge in [0.05, 0.1) is 17.0 Å². The highest BCUT2D eigenvalue weighted by atomic mass is 35.5. The summed E-state index contributed by atoms with van der Waals surface area (Å²) in [5, 5.41) is 0.477. The lowest BCUT2D eigenvalue weighted by atomic mass is 10.1. The maximum Gasteiger partial charge on any atom is 0.264 e. The number of anilines is 2. The number of carbonyl (C=O) groups excluding carboxylic acids is 1. The molecule has 1 heterocycles. The maximum atomic E-state index is 13.0. The minimum Gasteiger partial charge on any atom is -0.309 e. The Labute approximate surface area is 187 Å². The van der Waals surface area contributed by atoms with Crippen LogP contribution >= 0.6 is 11.6 Å². The quantitative estimate of drug-likeness (QED) is 0.562. The van der Waals surface area contributed by atoms with Crippen LogP contribution in [0.15, 0.2) is 77.7 Å². The number of hydrogen-bond acceptors (Lipinski definition) is 3. The molecule has 0 aliphatic carbocycles. The first-order valence-electron chi connectivity index (χ1n) is 10.0. The summed E-state index contributed by atoms with van der Waals surface area (Å²) < 4.78 is 26.9. The topological polar surface area (TPSA) is 57.7 Å².